The van der Waals surface area contributed by atoms with Crippen LogP contribution in [0.15, 0.2) is 0 Å². The van der Waals surface area contributed by atoms with Crippen LogP contribution in [-0.2, 0) is 0 Å². The second kappa shape index (κ2) is 30.8. The summed E-state index contributed by atoms with van der Waals surface area (Å²) in [4.78, 5) is 0. The molecule has 0 fully saturated rings. The quantitative estimate of drug-likeness (QED) is 0.333. The maximum Gasteiger partial charge on any atom is -0.0533 e. The van der Waals surface area contributed by atoms with Crippen molar-refractivity contribution in [3.8, 4) is 0 Å². The Bertz CT molecular complexity index is 84.2. The lowest BCUT2D eigenvalue weighted by Gasteiger charge is -1.96. The van der Waals surface area contributed by atoms with Crippen LogP contribution in [0.3, 0.4) is 0 Å². The molecule has 0 aromatic carbocycles. The van der Waals surface area contributed by atoms with Crippen LogP contribution < -0.4 is 0 Å². The Labute approximate surface area is 125 Å². The van der Waals surface area contributed by atoms with Crippen molar-refractivity contribution in [3.05, 3.63) is 0 Å². The van der Waals surface area contributed by atoms with E-state index in [0.717, 1.165) is 0 Å². The molecule has 0 N–H and O–H groups in total. The fourth-order valence-corrected chi connectivity index (χ4v) is 1.88. The van der Waals surface area contributed by atoms with Crippen LogP contribution in [0.1, 0.15) is 125 Å². The SMILES string of the molecule is CC.CCCCCCCC.CCCCCCCCC. The van der Waals surface area contributed by atoms with E-state index in [0.29, 0.717) is 0 Å². The summed E-state index contributed by atoms with van der Waals surface area (Å²) in [5.74, 6) is 0. The predicted molar refractivity (Wildman–Crippen MR) is 94.1 cm³/mol. The van der Waals surface area contributed by atoms with E-state index in [4.69, 9.17) is 0 Å². The van der Waals surface area contributed by atoms with Gasteiger partial charge < -0.3 is 0 Å². The van der Waals surface area contributed by atoms with Gasteiger partial charge in [0.15, 0.2) is 0 Å². The van der Waals surface area contributed by atoms with Gasteiger partial charge in [-0.25, -0.2) is 0 Å². The zero-order valence-corrected chi connectivity index (χ0v) is 15.2. The maximum absolute atomic E-state index is 2.26. The van der Waals surface area contributed by atoms with Crippen molar-refractivity contribution in [1.82, 2.24) is 0 Å². The Morgan fingerprint density at radius 3 is 0.632 bits per heavy atom. The summed E-state index contributed by atoms with van der Waals surface area (Å²) in [5.41, 5.74) is 0. The molecular weight excluding hydrogens is 228 g/mol. The molecule has 0 aromatic heterocycles. The summed E-state index contributed by atoms with van der Waals surface area (Å²) >= 11 is 0. The first-order valence-electron chi connectivity index (χ1n) is 9.33. The Morgan fingerprint density at radius 2 is 0.474 bits per heavy atom. The molecule has 0 aliphatic rings. The zero-order valence-electron chi connectivity index (χ0n) is 15.2. The van der Waals surface area contributed by atoms with Gasteiger partial charge in [0.05, 0.1) is 0 Å². The number of hydrogen-bond acceptors (Lipinski definition) is 0. The van der Waals surface area contributed by atoms with Crippen LogP contribution in [0.2, 0.25) is 0 Å². The highest BCUT2D eigenvalue weighted by Crippen LogP contribution is 2.05. The normalized spacial score (nSPS) is 9.16. The minimum atomic E-state index is 1.36. The number of rotatable bonds is 11. The predicted octanol–water partition coefficient (Wildman–Crippen LogP) is 8.15. The lowest BCUT2D eigenvalue weighted by Crippen LogP contribution is -1.76. The van der Waals surface area contributed by atoms with E-state index in [1.54, 1.807) is 0 Å². The molecule has 0 saturated heterocycles. The summed E-state index contributed by atoms with van der Waals surface area (Å²) < 4.78 is 0. The lowest BCUT2D eigenvalue weighted by molar-refractivity contribution is 0.602. The average Bonchev–Trinajstić information content (AvgIpc) is 2.47. The van der Waals surface area contributed by atoms with Crippen LogP contribution >= 0.6 is 0 Å². The molecule has 0 rings (SSSR count). The highest BCUT2D eigenvalue weighted by molar-refractivity contribution is 4.41. The largest absolute Gasteiger partial charge is 0.0683 e. The van der Waals surface area contributed by atoms with Crippen LogP contribution in [0.25, 0.3) is 0 Å². The molecular formula is C19H44. The van der Waals surface area contributed by atoms with Gasteiger partial charge in [-0.05, 0) is 0 Å². The topological polar surface area (TPSA) is 0 Å². The fraction of sp³-hybridized carbons (Fsp3) is 1.00. The summed E-state index contributed by atoms with van der Waals surface area (Å²) in [6.07, 6.45) is 18.5. The molecule has 120 valence electrons. The summed E-state index contributed by atoms with van der Waals surface area (Å²) in [5, 5.41) is 0. The van der Waals surface area contributed by atoms with E-state index < -0.39 is 0 Å². The van der Waals surface area contributed by atoms with Crippen molar-refractivity contribution < 1.29 is 0 Å². The molecule has 0 heteroatoms. The van der Waals surface area contributed by atoms with Crippen LogP contribution in [-0.4, -0.2) is 0 Å². The van der Waals surface area contributed by atoms with Crippen LogP contribution in [0, 0.1) is 0 Å². The van der Waals surface area contributed by atoms with Gasteiger partial charge in [-0.2, -0.15) is 0 Å². The van der Waals surface area contributed by atoms with Gasteiger partial charge in [0.25, 0.3) is 0 Å². The van der Waals surface area contributed by atoms with Gasteiger partial charge in [0, 0.05) is 0 Å². The minimum absolute atomic E-state index is 1.36. The zero-order chi connectivity index (χ0) is 15.2. The van der Waals surface area contributed by atoms with Crippen molar-refractivity contribution in [1.29, 1.82) is 0 Å². The second-order valence-corrected chi connectivity index (χ2v) is 5.18. The molecule has 0 nitrogen and oxygen atoms in total. The first kappa shape index (κ1) is 24.0. The lowest BCUT2D eigenvalue weighted by atomic mass is 10.1. The van der Waals surface area contributed by atoms with Gasteiger partial charge in [-0.1, -0.05) is 125 Å². The van der Waals surface area contributed by atoms with Crippen molar-refractivity contribution in [2.75, 3.05) is 0 Å². The first-order chi connectivity index (χ1) is 9.33. The third-order valence-electron chi connectivity index (χ3n) is 3.16. The molecule has 0 aliphatic heterocycles. The van der Waals surface area contributed by atoms with Crippen molar-refractivity contribution >= 4 is 0 Å². The van der Waals surface area contributed by atoms with Gasteiger partial charge in [0.2, 0.25) is 0 Å². The Balaban J connectivity index is -0.000000239. The van der Waals surface area contributed by atoms with E-state index in [1.165, 1.54) is 83.5 Å². The number of hydrogen-bond donors (Lipinski definition) is 0. The van der Waals surface area contributed by atoms with Crippen molar-refractivity contribution in [2.45, 2.75) is 125 Å². The average molecular weight is 273 g/mol. The molecule has 0 saturated carbocycles. The highest BCUT2D eigenvalue weighted by atomic mass is 13.9. The molecule has 0 unspecified atom stereocenters. The molecule has 0 amide bonds. The Kier molecular flexibility index (Phi) is 39.0. The van der Waals surface area contributed by atoms with Gasteiger partial charge in [0.1, 0.15) is 0 Å². The fourth-order valence-electron chi connectivity index (χ4n) is 1.88. The van der Waals surface area contributed by atoms with E-state index in [2.05, 4.69) is 27.7 Å². The minimum Gasteiger partial charge on any atom is -0.0683 e. The van der Waals surface area contributed by atoms with E-state index >= 15 is 0 Å². The molecule has 0 spiro atoms. The molecule has 0 atom stereocenters. The Hall–Kier alpha value is 0. The first-order valence-corrected chi connectivity index (χ1v) is 9.33. The number of unbranched alkanes of at least 4 members (excludes halogenated alkanes) is 11. The molecule has 0 aromatic rings. The summed E-state index contributed by atoms with van der Waals surface area (Å²) in [6.45, 7) is 13.0. The third kappa shape index (κ3) is 38.1. The van der Waals surface area contributed by atoms with Crippen LogP contribution in [0.4, 0.5) is 0 Å². The van der Waals surface area contributed by atoms with Gasteiger partial charge in [-0.3, -0.25) is 0 Å². The maximum atomic E-state index is 2.26. The van der Waals surface area contributed by atoms with Crippen molar-refractivity contribution in [2.24, 2.45) is 0 Å². The molecule has 19 heavy (non-hydrogen) atoms. The second-order valence-electron chi connectivity index (χ2n) is 5.18. The van der Waals surface area contributed by atoms with Crippen molar-refractivity contribution in [3.63, 3.8) is 0 Å². The molecule has 0 heterocycles. The Morgan fingerprint density at radius 1 is 0.316 bits per heavy atom. The summed E-state index contributed by atoms with van der Waals surface area (Å²) in [6, 6.07) is 0. The highest BCUT2D eigenvalue weighted by Gasteiger charge is 1.86. The smallest absolute Gasteiger partial charge is 0.0533 e. The standard InChI is InChI=1S/C9H20.C8H18.C2H6/c1-3-5-7-9-8-6-4-2;1-3-5-7-8-6-4-2;1-2/h3-9H2,1-2H3;3-8H2,1-2H3;1-2H3. The van der Waals surface area contributed by atoms with E-state index in [9.17, 15) is 0 Å². The van der Waals surface area contributed by atoms with Gasteiger partial charge in [-0.15, -0.1) is 0 Å². The summed E-state index contributed by atoms with van der Waals surface area (Å²) in [7, 11) is 0. The van der Waals surface area contributed by atoms with E-state index in [1.807, 2.05) is 13.8 Å². The van der Waals surface area contributed by atoms with E-state index in [-0.39, 0.29) is 0 Å². The van der Waals surface area contributed by atoms with Gasteiger partial charge >= 0.3 is 0 Å². The molecule has 0 radical (unpaired) electrons. The monoisotopic (exact) mass is 272 g/mol. The molecule has 0 aliphatic carbocycles. The molecule has 0 bridgehead atoms. The third-order valence-corrected chi connectivity index (χ3v) is 3.16. The van der Waals surface area contributed by atoms with Crippen LogP contribution in [0.5, 0.6) is 0 Å².